The van der Waals surface area contributed by atoms with E-state index in [2.05, 4.69) is 141 Å². The van der Waals surface area contributed by atoms with Crippen LogP contribution < -0.4 is 0 Å². The zero-order valence-corrected chi connectivity index (χ0v) is 27.6. The van der Waals surface area contributed by atoms with Crippen LogP contribution in [0.1, 0.15) is 75.6 Å². The van der Waals surface area contributed by atoms with Crippen molar-refractivity contribution in [2.45, 2.75) is 60.3 Å². The van der Waals surface area contributed by atoms with Gasteiger partial charge in [-0.05, 0) is 106 Å². The minimum Gasteiger partial charge on any atom is -0.115 e. The van der Waals surface area contributed by atoms with Crippen molar-refractivity contribution in [2.24, 2.45) is 0 Å². The van der Waals surface area contributed by atoms with Crippen LogP contribution in [0.5, 0.6) is 0 Å². The standard InChI is InChI=1S/C43H38.C2H6/c1-6-9-10-11-18-35(29(4)7-2)36-24-23-33(27-30(36)5)34(8-3)31-16-14-17-32(28-31)37-25-26-42-39-20-13-12-19-38(39)41-22-15-21-40(37)43(41)42;1-2/h2,6,9,11-28,34H,8,10H2,1,3-5H3;1-2H3/b9-6-,18-11-,35-29+;. The molecule has 224 valence electrons. The second kappa shape index (κ2) is 14.3. The Hall–Kier alpha value is -4.86. The molecular weight excluding hydrogens is 540 g/mol. The van der Waals surface area contributed by atoms with Crippen LogP contribution in [0.3, 0.4) is 0 Å². The second-order valence-corrected chi connectivity index (χ2v) is 11.5. The fourth-order valence-corrected chi connectivity index (χ4v) is 6.75. The fraction of sp³-hybridized carbons (Fsp3) is 0.200. The van der Waals surface area contributed by atoms with Crippen molar-refractivity contribution in [2.75, 3.05) is 0 Å². The van der Waals surface area contributed by atoms with Crippen molar-refractivity contribution < 1.29 is 0 Å². The summed E-state index contributed by atoms with van der Waals surface area (Å²) in [7, 11) is 0. The molecule has 0 aromatic heterocycles. The Labute approximate surface area is 270 Å². The van der Waals surface area contributed by atoms with E-state index >= 15 is 0 Å². The molecule has 5 aromatic rings. The molecule has 0 bridgehead atoms. The van der Waals surface area contributed by atoms with Gasteiger partial charge >= 0.3 is 0 Å². The number of hydrogen-bond donors (Lipinski definition) is 0. The van der Waals surface area contributed by atoms with Gasteiger partial charge in [0, 0.05) is 11.5 Å². The zero-order valence-electron chi connectivity index (χ0n) is 27.6. The molecule has 0 spiro atoms. The van der Waals surface area contributed by atoms with Crippen LogP contribution in [-0.2, 0) is 0 Å². The number of terminal acetylenes is 1. The maximum atomic E-state index is 5.85. The van der Waals surface area contributed by atoms with Gasteiger partial charge in [0.05, 0.1) is 0 Å². The van der Waals surface area contributed by atoms with Crippen molar-refractivity contribution in [3.8, 4) is 45.7 Å². The molecule has 0 heteroatoms. The SMILES string of the molecule is C#C/C(C)=C(\C=C/C/C=C\C)c1ccc(C(CC)c2cccc(-c3ccc4c5c(cccc35)-c3ccccc3-4)c2)cc1C.CC. The van der Waals surface area contributed by atoms with Gasteiger partial charge in [-0.3, -0.25) is 0 Å². The summed E-state index contributed by atoms with van der Waals surface area (Å²) in [5, 5.41) is 2.69. The van der Waals surface area contributed by atoms with Gasteiger partial charge in [-0.25, -0.2) is 0 Å². The molecule has 1 aliphatic rings. The third kappa shape index (κ3) is 6.09. The highest BCUT2D eigenvalue weighted by Gasteiger charge is 2.22. The first-order chi connectivity index (χ1) is 22.0. The monoisotopic (exact) mass is 584 g/mol. The number of aryl methyl sites for hydroxylation is 1. The first-order valence-electron chi connectivity index (χ1n) is 16.4. The lowest BCUT2D eigenvalue weighted by Crippen LogP contribution is -2.02. The Bertz CT molecular complexity index is 1940. The molecule has 1 atom stereocenters. The Balaban J connectivity index is 0.00000196. The van der Waals surface area contributed by atoms with Crippen LogP contribution in [0.2, 0.25) is 0 Å². The lowest BCUT2D eigenvalue weighted by atomic mass is 9.84. The number of rotatable bonds is 8. The minimum atomic E-state index is 0.306. The summed E-state index contributed by atoms with van der Waals surface area (Å²) < 4.78 is 0. The molecule has 0 saturated heterocycles. The van der Waals surface area contributed by atoms with Gasteiger partial charge in [-0.15, -0.1) is 6.42 Å². The molecule has 0 radical (unpaired) electrons. The summed E-state index contributed by atoms with van der Waals surface area (Å²) in [6, 6.07) is 36.2. The fourth-order valence-electron chi connectivity index (χ4n) is 6.75. The van der Waals surface area contributed by atoms with Crippen molar-refractivity contribution >= 4 is 16.3 Å². The molecule has 1 aliphatic carbocycles. The molecule has 0 heterocycles. The van der Waals surface area contributed by atoms with Crippen molar-refractivity contribution in [1.29, 1.82) is 0 Å². The van der Waals surface area contributed by atoms with Crippen LogP contribution in [0.25, 0.3) is 49.7 Å². The van der Waals surface area contributed by atoms with Gasteiger partial charge in [0.2, 0.25) is 0 Å². The van der Waals surface area contributed by atoms with E-state index in [1.54, 1.807) is 0 Å². The molecule has 0 amide bonds. The summed E-state index contributed by atoms with van der Waals surface area (Å²) in [5.41, 5.74) is 15.1. The molecule has 0 saturated carbocycles. The molecular formula is C45H44. The normalized spacial score (nSPS) is 12.9. The van der Waals surface area contributed by atoms with Crippen LogP contribution in [0, 0.1) is 19.3 Å². The average molecular weight is 585 g/mol. The highest BCUT2D eigenvalue weighted by Crippen LogP contribution is 2.49. The molecule has 6 rings (SSSR count). The maximum Gasteiger partial charge on any atom is 0.00870 e. The lowest BCUT2D eigenvalue weighted by Gasteiger charge is -2.20. The number of hydrogen-bond acceptors (Lipinski definition) is 0. The van der Waals surface area contributed by atoms with E-state index in [9.17, 15) is 0 Å². The summed E-state index contributed by atoms with van der Waals surface area (Å²) in [4.78, 5) is 0. The minimum absolute atomic E-state index is 0.306. The average Bonchev–Trinajstić information content (AvgIpc) is 3.41. The van der Waals surface area contributed by atoms with E-state index in [4.69, 9.17) is 6.42 Å². The maximum absolute atomic E-state index is 5.85. The Morgan fingerprint density at radius 1 is 0.756 bits per heavy atom. The van der Waals surface area contributed by atoms with E-state index < -0.39 is 0 Å². The number of allylic oxidation sites excluding steroid dienone is 6. The lowest BCUT2D eigenvalue weighted by molar-refractivity contribution is 0.776. The molecule has 0 nitrogen and oxygen atoms in total. The second-order valence-electron chi connectivity index (χ2n) is 11.5. The Kier molecular flexibility index (Phi) is 10.0. The third-order valence-corrected chi connectivity index (χ3v) is 8.91. The van der Waals surface area contributed by atoms with Crippen molar-refractivity contribution in [3.63, 3.8) is 0 Å². The first-order valence-corrected chi connectivity index (χ1v) is 16.4. The Morgan fingerprint density at radius 2 is 1.42 bits per heavy atom. The molecule has 0 N–H and O–H groups in total. The number of benzene rings is 5. The van der Waals surface area contributed by atoms with Crippen molar-refractivity contribution in [3.05, 3.63) is 149 Å². The predicted octanol–water partition coefficient (Wildman–Crippen LogP) is 13.0. The first kappa shape index (κ1) is 31.6. The quantitative estimate of drug-likeness (QED) is 0.0948. The Morgan fingerprint density at radius 3 is 2.11 bits per heavy atom. The van der Waals surface area contributed by atoms with Crippen molar-refractivity contribution in [1.82, 2.24) is 0 Å². The summed E-state index contributed by atoms with van der Waals surface area (Å²) in [5.74, 6) is 3.17. The predicted molar refractivity (Wildman–Crippen MR) is 198 cm³/mol. The molecule has 0 fully saturated rings. The van der Waals surface area contributed by atoms with Gasteiger partial charge in [0.1, 0.15) is 0 Å². The van der Waals surface area contributed by atoms with Gasteiger partial charge in [0.15, 0.2) is 0 Å². The van der Waals surface area contributed by atoms with Gasteiger partial charge in [0.25, 0.3) is 0 Å². The summed E-state index contributed by atoms with van der Waals surface area (Å²) in [6.45, 7) is 12.6. The summed E-state index contributed by atoms with van der Waals surface area (Å²) >= 11 is 0. The molecule has 5 aromatic carbocycles. The van der Waals surface area contributed by atoms with Crippen LogP contribution in [0.4, 0.5) is 0 Å². The zero-order chi connectivity index (χ0) is 31.9. The van der Waals surface area contributed by atoms with E-state index in [0.29, 0.717) is 5.92 Å². The number of fused-ring (bicyclic) bond motifs is 3. The van der Waals surface area contributed by atoms with E-state index in [0.717, 1.165) is 24.0 Å². The van der Waals surface area contributed by atoms with Gasteiger partial charge in [-0.1, -0.05) is 148 Å². The molecule has 1 unspecified atom stereocenters. The van der Waals surface area contributed by atoms with Gasteiger partial charge in [-0.2, -0.15) is 0 Å². The largest absolute Gasteiger partial charge is 0.115 e. The molecule has 0 aliphatic heterocycles. The summed E-state index contributed by atoms with van der Waals surface area (Å²) in [6.07, 6.45) is 16.4. The van der Waals surface area contributed by atoms with Crippen LogP contribution in [0.15, 0.2) is 127 Å². The van der Waals surface area contributed by atoms with E-state index in [-0.39, 0.29) is 0 Å². The highest BCUT2D eigenvalue weighted by atomic mass is 14.3. The molecule has 45 heavy (non-hydrogen) atoms. The highest BCUT2D eigenvalue weighted by molar-refractivity contribution is 6.18. The third-order valence-electron chi connectivity index (χ3n) is 8.91. The van der Waals surface area contributed by atoms with Gasteiger partial charge < -0.3 is 0 Å². The smallest absolute Gasteiger partial charge is 0.00870 e. The van der Waals surface area contributed by atoms with Crippen LogP contribution >= 0.6 is 0 Å². The van der Waals surface area contributed by atoms with Crippen LogP contribution in [-0.4, -0.2) is 0 Å². The van der Waals surface area contributed by atoms with E-state index in [1.807, 2.05) is 27.7 Å². The van der Waals surface area contributed by atoms with E-state index in [1.165, 1.54) is 66.4 Å². The topological polar surface area (TPSA) is 0 Å².